The van der Waals surface area contributed by atoms with Crippen molar-refractivity contribution < 1.29 is 9.72 Å². The molecule has 3 rings (SSSR count). The smallest absolute Gasteiger partial charge is 0.273 e. The Bertz CT molecular complexity index is 1070. The van der Waals surface area contributed by atoms with Crippen LogP contribution in [0.15, 0.2) is 60.7 Å². The van der Waals surface area contributed by atoms with Gasteiger partial charge in [-0.2, -0.15) is 5.10 Å². The molecule has 0 aliphatic rings. The first-order valence-electron chi connectivity index (χ1n) is 10.0. The maximum absolute atomic E-state index is 12.7. The first kappa shape index (κ1) is 22.2. The number of amides is 1. The quantitative estimate of drug-likeness (QED) is 0.457. The number of rotatable bonds is 7. The molecule has 0 bridgehead atoms. The van der Waals surface area contributed by atoms with Gasteiger partial charge in [0.1, 0.15) is 5.82 Å². The van der Waals surface area contributed by atoms with Crippen molar-refractivity contribution in [2.75, 3.05) is 18.9 Å². The van der Waals surface area contributed by atoms with Gasteiger partial charge in [0.2, 0.25) is 5.91 Å². The van der Waals surface area contributed by atoms with Crippen molar-refractivity contribution in [3.05, 3.63) is 82.0 Å². The molecule has 31 heavy (non-hydrogen) atoms. The predicted octanol–water partition coefficient (Wildman–Crippen LogP) is 4.15. The summed E-state index contributed by atoms with van der Waals surface area (Å²) in [6.07, 6.45) is 0. The van der Waals surface area contributed by atoms with E-state index in [1.807, 2.05) is 36.4 Å². The molecule has 2 aromatic carbocycles. The van der Waals surface area contributed by atoms with Crippen molar-refractivity contribution in [2.24, 2.45) is 0 Å². The van der Waals surface area contributed by atoms with Crippen LogP contribution in [0.3, 0.4) is 0 Å². The maximum Gasteiger partial charge on any atom is 0.273 e. The summed E-state index contributed by atoms with van der Waals surface area (Å²) >= 11 is 0. The average molecular weight is 422 g/mol. The second kappa shape index (κ2) is 9.09. The largest absolute Gasteiger partial charge is 0.309 e. The lowest BCUT2D eigenvalue weighted by atomic mass is 9.92. The molecule has 162 valence electrons. The molecule has 0 unspecified atom stereocenters. The van der Waals surface area contributed by atoms with E-state index >= 15 is 0 Å². The van der Waals surface area contributed by atoms with Gasteiger partial charge in [0, 0.05) is 29.7 Å². The van der Waals surface area contributed by atoms with Crippen molar-refractivity contribution in [1.82, 2.24) is 14.7 Å². The number of hydrogen-bond acceptors (Lipinski definition) is 5. The van der Waals surface area contributed by atoms with Crippen LogP contribution in [0.5, 0.6) is 0 Å². The number of nitrogens with zero attached hydrogens (tertiary/aromatic N) is 4. The fourth-order valence-electron chi connectivity index (χ4n) is 3.20. The van der Waals surface area contributed by atoms with E-state index in [2.05, 4.69) is 26.1 Å². The third-order valence-electron chi connectivity index (χ3n) is 4.79. The lowest BCUT2D eigenvalue weighted by molar-refractivity contribution is -0.385. The number of carbonyl (C=O) groups excluding carboxylic acids is 1. The first-order valence-corrected chi connectivity index (χ1v) is 10.0. The number of carbonyl (C=O) groups is 1. The summed E-state index contributed by atoms with van der Waals surface area (Å²) in [6.45, 7) is 6.57. The summed E-state index contributed by atoms with van der Waals surface area (Å²) in [4.78, 5) is 25.3. The third kappa shape index (κ3) is 5.55. The van der Waals surface area contributed by atoms with E-state index in [4.69, 9.17) is 5.10 Å². The molecule has 0 saturated heterocycles. The third-order valence-corrected chi connectivity index (χ3v) is 4.79. The average Bonchev–Trinajstić information content (AvgIpc) is 3.13. The Hall–Kier alpha value is -3.52. The number of aromatic nitrogens is 2. The number of para-hydroxylation sites is 2. The molecule has 1 amide bonds. The highest BCUT2D eigenvalue weighted by Crippen LogP contribution is 2.26. The summed E-state index contributed by atoms with van der Waals surface area (Å²) < 4.78 is 1.72. The van der Waals surface area contributed by atoms with Crippen LogP contribution in [0.4, 0.5) is 11.5 Å². The summed E-state index contributed by atoms with van der Waals surface area (Å²) in [5.74, 6) is 0.360. The zero-order valence-corrected chi connectivity index (χ0v) is 18.2. The van der Waals surface area contributed by atoms with Gasteiger partial charge in [0.25, 0.3) is 5.69 Å². The van der Waals surface area contributed by atoms with Gasteiger partial charge in [-0.15, -0.1) is 0 Å². The van der Waals surface area contributed by atoms with Crippen LogP contribution in [-0.4, -0.2) is 39.1 Å². The minimum absolute atomic E-state index is 0.0479. The van der Waals surface area contributed by atoms with Crippen LogP contribution in [0.25, 0.3) is 5.69 Å². The van der Waals surface area contributed by atoms with Crippen LogP contribution in [0.2, 0.25) is 0 Å². The SMILES string of the molecule is CN(CC(=O)Nc1cc(C(C)(C)C)nn1-c1ccccc1)Cc1ccccc1[N+](=O)[O-]. The van der Waals surface area contributed by atoms with Gasteiger partial charge in [-0.1, -0.05) is 57.2 Å². The molecule has 1 N–H and O–H groups in total. The highest BCUT2D eigenvalue weighted by molar-refractivity contribution is 5.91. The molecule has 1 aromatic heterocycles. The number of nitrogens with one attached hydrogen (secondary N) is 1. The lowest BCUT2D eigenvalue weighted by Crippen LogP contribution is -2.30. The molecule has 0 spiro atoms. The standard InChI is InChI=1S/C23H27N5O3/c1-23(2,3)20-14-21(27(25-20)18-11-6-5-7-12-18)24-22(29)16-26(4)15-17-10-8-9-13-19(17)28(30)31/h5-14H,15-16H2,1-4H3,(H,24,29). The van der Waals surface area contributed by atoms with E-state index in [1.54, 1.807) is 34.8 Å². The molecule has 0 aliphatic carbocycles. The second-order valence-corrected chi connectivity index (χ2v) is 8.52. The Kier molecular flexibility index (Phi) is 6.50. The topological polar surface area (TPSA) is 93.3 Å². The Labute approximate surface area is 181 Å². The predicted molar refractivity (Wildman–Crippen MR) is 120 cm³/mol. The van der Waals surface area contributed by atoms with E-state index in [9.17, 15) is 14.9 Å². The number of hydrogen-bond donors (Lipinski definition) is 1. The van der Waals surface area contributed by atoms with Crippen molar-refractivity contribution in [1.29, 1.82) is 0 Å². The summed E-state index contributed by atoms with van der Waals surface area (Å²) in [6, 6.07) is 18.0. The summed E-state index contributed by atoms with van der Waals surface area (Å²) in [5.41, 5.74) is 2.14. The molecule has 3 aromatic rings. The second-order valence-electron chi connectivity index (χ2n) is 8.52. The van der Waals surface area contributed by atoms with E-state index < -0.39 is 4.92 Å². The number of benzene rings is 2. The Morgan fingerprint density at radius 1 is 1.13 bits per heavy atom. The molecule has 0 radical (unpaired) electrons. The zero-order chi connectivity index (χ0) is 22.6. The van der Waals surface area contributed by atoms with E-state index in [0.717, 1.165) is 11.4 Å². The molecular weight excluding hydrogens is 394 g/mol. The monoisotopic (exact) mass is 421 g/mol. The molecule has 0 aliphatic heterocycles. The number of anilines is 1. The van der Waals surface area contributed by atoms with E-state index in [1.165, 1.54) is 6.07 Å². The van der Waals surface area contributed by atoms with Crippen molar-refractivity contribution >= 4 is 17.4 Å². The van der Waals surface area contributed by atoms with Crippen LogP contribution in [-0.2, 0) is 16.8 Å². The highest BCUT2D eigenvalue weighted by Gasteiger charge is 2.22. The number of nitro groups is 1. The molecular formula is C23H27N5O3. The van der Waals surface area contributed by atoms with E-state index in [-0.39, 0.29) is 30.1 Å². The lowest BCUT2D eigenvalue weighted by Gasteiger charge is -2.16. The fraction of sp³-hybridized carbons (Fsp3) is 0.304. The summed E-state index contributed by atoms with van der Waals surface area (Å²) in [7, 11) is 1.76. The van der Waals surface area contributed by atoms with Crippen molar-refractivity contribution in [3.63, 3.8) is 0 Å². The maximum atomic E-state index is 12.7. The molecule has 0 saturated carbocycles. The van der Waals surface area contributed by atoms with E-state index in [0.29, 0.717) is 11.4 Å². The van der Waals surface area contributed by atoms with Gasteiger partial charge in [-0.05, 0) is 19.2 Å². The zero-order valence-electron chi connectivity index (χ0n) is 18.2. The van der Waals surface area contributed by atoms with Crippen LogP contribution in [0.1, 0.15) is 32.0 Å². The van der Waals surface area contributed by atoms with Crippen LogP contribution >= 0.6 is 0 Å². The molecule has 0 fully saturated rings. The number of nitro benzene ring substituents is 1. The van der Waals surface area contributed by atoms with Crippen molar-refractivity contribution in [2.45, 2.75) is 32.7 Å². The van der Waals surface area contributed by atoms with Crippen LogP contribution in [0, 0.1) is 10.1 Å². The normalized spacial score (nSPS) is 11.5. The fourth-order valence-corrected chi connectivity index (χ4v) is 3.20. The number of likely N-dealkylation sites (N-methyl/N-ethyl adjacent to an activating group) is 1. The molecule has 1 heterocycles. The van der Waals surface area contributed by atoms with Gasteiger partial charge in [-0.25, -0.2) is 4.68 Å². The van der Waals surface area contributed by atoms with Crippen molar-refractivity contribution in [3.8, 4) is 5.69 Å². The van der Waals surface area contributed by atoms with Gasteiger partial charge in [0.15, 0.2) is 0 Å². The highest BCUT2D eigenvalue weighted by atomic mass is 16.6. The minimum Gasteiger partial charge on any atom is -0.309 e. The molecule has 8 nitrogen and oxygen atoms in total. The Balaban J connectivity index is 1.76. The van der Waals surface area contributed by atoms with Crippen LogP contribution < -0.4 is 5.32 Å². The van der Waals surface area contributed by atoms with Gasteiger partial charge in [0.05, 0.1) is 22.8 Å². The van der Waals surface area contributed by atoms with Gasteiger partial charge in [-0.3, -0.25) is 19.8 Å². The van der Waals surface area contributed by atoms with Gasteiger partial charge < -0.3 is 5.32 Å². The molecule has 0 atom stereocenters. The Morgan fingerprint density at radius 2 is 1.77 bits per heavy atom. The Morgan fingerprint density at radius 3 is 2.42 bits per heavy atom. The first-order chi connectivity index (χ1) is 14.6. The van der Waals surface area contributed by atoms with Gasteiger partial charge >= 0.3 is 0 Å². The minimum atomic E-state index is -0.407. The summed E-state index contributed by atoms with van der Waals surface area (Å²) in [5, 5.41) is 18.9. The molecule has 8 heteroatoms.